The number of halogens is 1. The average Bonchev–Trinajstić information content (AvgIpc) is 2.67. The molecule has 3 rings (SSSR count). The van der Waals surface area contributed by atoms with Crippen LogP contribution >= 0.6 is 11.6 Å². The van der Waals surface area contributed by atoms with Gasteiger partial charge in [0.25, 0.3) is 5.91 Å². The minimum absolute atomic E-state index is 0.0661. The molecule has 5 nitrogen and oxygen atoms in total. The van der Waals surface area contributed by atoms with Crippen molar-refractivity contribution in [3.63, 3.8) is 0 Å². The Morgan fingerprint density at radius 3 is 2.48 bits per heavy atom. The number of rotatable bonds is 4. The highest BCUT2D eigenvalue weighted by Crippen LogP contribution is 2.31. The van der Waals surface area contributed by atoms with E-state index >= 15 is 0 Å². The number of hydrogen-bond acceptors (Lipinski definition) is 4. The SMILES string of the molecule is COc1cc(OC)cc(C(=O)N2CCNCC2c2ccccc2Cl)c1. The number of nitrogens with one attached hydrogen (secondary N) is 1. The standard InChI is InChI=1S/C19H21ClN2O3/c1-24-14-9-13(10-15(11-14)25-2)19(23)22-8-7-21-12-18(22)16-5-3-4-6-17(16)20/h3-6,9-11,18,21H,7-8,12H2,1-2H3. The molecular formula is C19H21ClN2O3. The van der Waals surface area contributed by atoms with Crippen molar-refractivity contribution in [2.45, 2.75) is 6.04 Å². The predicted molar refractivity (Wildman–Crippen MR) is 97.6 cm³/mol. The largest absolute Gasteiger partial charge is 0.497 e. The number of hydrogen-bond donors (Lipinski definition) is 1. The fraction of sp³-hybridized carbons (Fsp3) is 0.316. The van der Waals surface area contributed by atoms with Gasteiger partial charge in [-0.15, -0.1) is 0 Å². The Kier molecular flexibility index (Phi) is 5.46. The highest BCUT2D eigenvalue weighted by Gasteiger charge is 2.30. The fourth-order valence-corrected chi connectivity index (χ4v) is 3.33. The Bertz CT molecular complexity index is 744. The smallest absolute Gasteiger partial charge is 0.254 e. The van der Waals surface area contributed by atoms with Crippen LogP contribution in [0, 0.1) is 0 Å². The van der Waals surface area contributed by atoms with Gasteiger partial charge in [0.05, 0.1) is 20.3 Å². The zero-order valence-corrected chi connectivity index (χ0v) is 15.0. The van der Waals surface area contributed by atoms with Crippen LogP contribution in [0.1, 0.15) is 22.0 Å². The van der Waals surface area contributed by atoms with Crippen molar-refractivity contribution in [3.05, 3.63) is 58.6 Å². The van der Waals surface area contributed by atoms with E-state index in [-0.39, 0.29) is 11.9 Å². The number of carbonyl (C=O) groups is 1. The van der Waals surface area contributed by atoms with Crippen LogP contribution in [-0.4, -0.2) is 44.7 Å². The lowest BCUT2D eigenvalue weighted by atomic mass is 10.0. The summed E-state index contributed by atoms with van der Waals surface area (Å²) in [6.07, 6.45) is 0. The van der Waals surface area contributed by atoms with E-state index in [0.717, 1.165) is 12.1 Å². The third-order valence-corrected chi connectivity index (χ3v) is 4.71. The summed E-state index contributed by atoms with van der Waals surface area (Å²) in [5.41, 5.74) is 1.48. The van der Waals surface area contributed by atoms with Crippen molar-refractivity contribution in [2.24, 2.45) is 0 Å². The first kappa shape index (κ1) is 17.6. The van der Waals surface area contributed by atoms with Crippen molar-refractivity contribution < 1.29 is 14.3 Å². The normalized spacial score (nSPS) is 17.2. The van der Waals surface area contributed by atoms with Gasteiger partial charge in [0.15, 0.2) is 0 Å². The molecule has 0 spiro atoms. The number of amides is 1. The van der Waals surface area contributed by atoms with Crippen molar-refractivity contribution in [1.29, 1.82) is 0 Å². The van der Waals surface area contributed by atoms with Gasteiger partial charge in [-0.1, -0.05) is 29.8 Å². The van der Waals surface area contributed by atoms with E-state index in [1.165, 1.54) is 0 Å². The number of benzene rings is 2. The topological polar surface area (TPSA) is 50.8 Å². The fourth-order valence-electron chi connectivity index (χ4n) is 3.07. The molecule has 1 atom stereocenters. The second kappa shape index (κ2) is 7.76. The minimum Gasteiger partial charge on any atom is -0.497 e. The van der Waals surface area contributed by atoms with Crippen molar-refractivity contribution in [3.8, 4) is 11.5 Å². The molecule has 0 aliphatic carbocycles. The molecule has 132 valence electrons. The summed E-state index contributed by atoms with van der Waals surface area (Å²) in [4.78, 5) is 15.0. The van der Waals surface area contributed by atoms with Crippen LogP contribution in [0.25, 0.3) is 0 Å². The van der Waals surface area contributed by atoms with Gasteiger partial charge in [-0.05, 0) is 23.8 Å². The van der Waals surface area contributed by atoms with Crippen LogP contribution in [0.2, 0.25) is 5.02 Å². The van der Waals surface area contributed by atoms with Crippen molar-refractivity contribution in [2.75, 3.05) is 33.9 Å². The highest BCUT2D eigenvalue weighted by molar-refractivity contribution is 6.31. The summed E-state index contributed by atoms with van der Waals surface area (Å²) in [6.45, 7) is 2.01. The maximum absolute atomic E-state index is 13.2. The molecule has 1 N–H and O–H groups in total. The summed E-state index contributed by atoms with van der Waals surface area (Å²) >= 11 is 6.36. The maximum atomic E-state index is 13.2. The van der Waals surface area contributed by atoms with Gasteiger partial charge < -0.3 is 19.7 Å². The number of ether oxygens (including phenoxy) is 2. The van der Waals surface area contributed by atoms with Crippen LogP contribution in [-0.2, 0) is 0 Å². The quantitative estimate of drug-likeness (QED) is 0.910. The highest BCUT2D eigenvalue weighted by atomic mass is 35.5. The zero-order chi connectivity index (χ0) is 17.8. The summed E-state index contributed by atoms with van der Waals surface area (Å²) in [5.74, 6) is 1.11. The van der Waals surface area contributed by atoms with Crippen molar-refractivity contribution in [1.82, 2.24) is 10.2 Å². The second-order valence-corrected chi connectivity index (χ2v) is 6.25. The Morgan fingerprint density at radius 1 is 1.16 bits per heavy atom. The van der Waals surface area contributed by atoms with E-state index in [2.05, 4.69) is 5.32 Å². The summed E-state index contributed by atoms with van der Waals surface area (Å²) < 4.78 is 10.6. The molecule has 1 heterocycles. The number of nitrogens with zero attached hydrogens (tertiary/aromatic N) is 1. The average molecular weight is 361 g/mol. The molecule has 1 unspecified atom stereocenters. The molecule has 0 saturated carbocycles. The van der Waals surface area contributed by atoms with Crippen LogP contribution in [0.3, 0.4) is 0 Å². The Hall–Kier alpha value is -2.24. The van der Waals surface area contributed by atoms with Gasteiger partial charge in [-0.2, -0.15) is 0 Å². The van der Waals surface area contributed by atoms with Gasteiger partial charge in [0.1, 0.15) is 11.5 Å². The van der Waals surface area contributed by atoms with Gasteiger partial charge in [0, 0.05) is 36.3 Å². The van der Waals surface area contributed by atoms with Crippen LogP contribution in [0.5, 0.6) is 11.5 Å². The molecule has 25 heavy (non-hydrogen) atoms. The summed E-state index contributed by atoms with van der Waals surface area (Å²) in [5, 5.41) is 4.00. The molecule has 0 radical (unpaired) electrons. The van der Waals surface area contributed by atoms with E-state index in [9.17, 15) is 4.79 Å². The third-order valence-electron chi connectivity index (χ3n) is 4.37. The molecule has 1 aliphatic rings. The minimum atomic E-state index is -0.118. The van der Waals surface area contributed by atoms with E-state index in [1.807, 2.05) is 29.2 Å². The lowest BCUT2D eigenvalue weighted by Crippen LogP contribution is -2.48. The lowest BCUT2D eigenvalue weighted by Gasteiger charge is -2.37. The van der Waals surface area contributed by atoms with Crippen LogP contribution in [0.15, 0.2) is 42.5 Å². The Morgan fingerprint density at radius 2 is 1.84 bits per heavy atom. The molecule has 1 fully saturated rings. The molecule has 2 aromatic rings. The number of piperazine rings is 1. The lowest BCUT2D eigenvalue weighted by molar-refractivity contribution is 0.0633. The maximum Gasteiger partial charge on any atom is 0.254 e. The molecule has 1 aliphatic heterocycles. The first-order chi connectivity index (χ1) is 12.1. The van der Waals surface area contributed by atoms with Gasteiger partial charge in [-0.25, -0.2) is 0 Å². The van der Waals surface area contributed by atoms with Crippen LogP contribution in [0.4, 0.5) is 0 Å². The first-order valence-corrected chi connectivity index (χ1v) is 8.51. The molecule has 6 heteroatoms. The molecule has 1 saturated heterocycles. The third kappa shape index (κ3) is 3.72. The molecular weight excluding hydrogens is 340 g/mol. The Labute approximate surface area is 152 Å². The van der Waals surface area contributed by atoms with Gasteiger partial charge >= 0.3 is 0 Å². The van der Waals surface area contributed by atoms with Gasteiger partial charge in [0.2, 0.25) is 0 Å². The first-order valence-electron chi connectivity index (χ1n) is 8.13. The van der Waals surface area contributed by atoms with Crippen LogP contribution < -0.4 is 14.8 Å². The van der Waals surface area contributed by atoms with E-state index in [0.29, 0.717) is 35.2 Å². The molecule has 2 aromatic carbocycles. The number of carbonyl (C=O) groups excluding carboxylic acids is 1. The second-order valence-electron chi connectivity index (χ2n) is 5.84. The molecule has 0 bridgehead atoms. The van der Waals surface area contributed by atoms with E-state index in [1.54, 1.807) is 32.4 Å². The molecule has 0 aromatic heterocycles. The summed E-state index contributed by atoms with van der Waals surface area (Å²) in [6, 6.07) is 12.7. The predicted octanol–water partition coefficient (Wildman–Crippen LogP) is 3.14. The van der Waals surface area contributed by atoms with Crippen molar-refractivity contribution >= 4 is 17.5 Å². The zero-order valence-electron chi connectivity index (χ0n) is 14.3. The van der Waals surface area contributed by atoms with Gasteiger partial charge in [-0.3, -0.25) is 4.79 Å². The van der Waals surface area contributed by atoms with E-state index < -0.39 is 0 Å². The number of methoxy groups -OCH3 is 2. The van der Waals surface area contributed by atoms with E-state index in [4.69, 9.17) is 21.1 Å². The summed E-state index contributed by atoms with van der Waals surface area (Å²) in [7, 11) is 3.14. The monoisotopic (exact) mass is 360 g/mol. The Balaban J connectivity index is 1.95. The molecule has 1 amide bonds.